The van der Waals surface area contributed by atoms with E-state index in [1.165, 1.54) is 6.07 Å². The van der Waals surface area contributed by atoms with Crippen LogP contribution in [-0.4, -0.2) is 5.11 Å². The van der Waals surface area contributed by atoms with Gasteiger partial charge in [0.2, 0.25) is 0 Å². The van der Waals surface area contributed by atoms with Crippen LogP contribution in [0.5, 0.6) is 0 Å². The molecule has 0 bridgehead atoms. The first-order chi connectivity index (χ1) is 5.84. The van der Waals surface area contributed by atoms with Gasteiger partial charge in [-0.15, -0.1) is 0 Å². The van der Waals surface area contributed by atoms with Gasteiger partial charge in [0.05, 0.1) is 11.3 Å². The minimum Gasteiger partial charge on any atom is -0.396 e. The molecule has 1 aromatic rings. The molecule has 0 atom stereocenters. The van der Waals surface area contributed by atoms with Gasteiger partial charge in [-0.05, 0) is 38.0 Å². The van der Waals surface area contributed by atoms with Gasteiger partial charge in [0, 0.05) is 0 Å². The van der Waals surface area contributed by atoms with E-state index >= 15 is 0 Å². The number of rotatable bonds is 1. The first-order valence-corrected chi connectivity index (χ1v) is 4.11. The second-order valence-corrected chi connectivity index (χ2v) is 3.70. The quantitative estimate of drug-likeness (QED) is 0.653. The summed E-state index contributed by atoms with van der Waals surface area (Å²) in [6, 6.07) is 3.11. The lowest BCUT2D eigenvalue weighted by Gasteiger charge is -2.20. The van der Waals surface area contributed by atoms with Crippen molar-refractivity contribution in [1.82, 2.24) is 0 Å². The topological polar surface area (TPSA) is 46.2 Å². The van der Waals surface area contributed by atoms with Crippen molar-refractivity contribution in [3.8, 4) is 0 Å². The maximum Gasteiger partial charge on any atom is 0.149 e. The van der Waals surface area contributed by atoms with Crippen molar-refractivity contribution in [3.05, 3.63) is 29.1 Å². The van der Waals surface area contributed by atoms with Gasteiger partial charge in [0.1, 0.15) is 5.82 Å². The Labute approximate surface area is 77.2 Å². The molecule has 0 amide bonds. The highest BCUT2D eigenvalue weighted by molar-refractivity contribution is 5.47. The van der Waals surface area contributed by atoms with Crippen LogP contribution in [0.4, 0.5) is 10.1 Å². The van der Waals surface area contributed by atoms with Crippen molar-refractivity contribution in [2.24, 2.45) is 0 Å². The van der Waals surface area contributed by atoms with Gasteiger partial charge in [-0.25, -0.2) is 4.39 Å². The van der Waals surface area contributed by atoms with Gasteiger partial charge in [0.25, 0.3) is 0 Å². The van der Waals surface area contributed by atoms with E-state index in [0.29, 0.717) is 11.1 Å². The average molecular weight is 183 g/mol. The van der Waals surface area contributed by atoms with Crippen LogP contribution in [0.3, 0.4) is 0 Å². The third-order valence-corrected chi connectivity index (χ3v) is 2.08. The van der Waals surface area contributed by atoms with Crippen LogP contribution in [0.2, 0.25) is 0 Å². The molecule has 0 saturated heterocycles. The summed E-state index contributed by atoms with van der Waals surface area (Å²) >= 11 is 0. The van der Waals surface area contributed by atoms with E-state index in [0.717, 1.165) is 0 Å². The van der Waals surface area contributed by atoms with E-state index in [4.69, 9.17) is 5.73 Å². The largest absolute Gasteiger partial charge is 0.396 e. The van der Waals surface area contributed by atoms with Crippen molar-refractivity contribution in [2.75, 3.05) is 5.73 Å². The number of hydrogen-bond acceptors (Lipinski definition) is 2. The number of anilines is 1. The molecule has 0 aliphatic rings. The summed E-state index contributed by atoms with van der Waals surface area (Å²) in [7, 11) is 0. The fourth-order valence-corrected chi connectivity index (χ4v) is 1.37. The molecule has 0 fully saturated rings. The van der Waals surface area contributed by atoms with Crippen molar-refractivity contribution in [3.63, 3.8) is 0 Å². The maximum atomic E-state index is 13.3. The Morgan fingerprint density at radius 3 is 2.38 bits per heavy atom. The molecule has 2 nitrogen and oxygen atoms in total. The number of aliphatic hydroxyl groups is 1. The third-order valence-electron chi connectivity index (χ3n) is 2.08. The molecule has 72 valence electrons. The molecule has 0 aliphatic heterocycles. The van der Waals surface area contributed by atoms with Crippen LogP contribution < -0.4 is 5.73 Å². The molecule has 0 radical (unpaired) electrons. The Balaban J connectivity index is 3.35. The fourth-order valence-electron chi connectivity index (χ4n) is 1.37. The molecule has 0 unspecified atom stereocenters. The summed E-state index contributed by atoms with van der Waals surface area (Å²) in [6.07, 6.45) is 0. The molecule has 3 N–H and O–H groups in total. The molecule has 13 heavy (non-hydrogen) atoms. The monoisotopic (exact) mass is 183 g/mol. The molecule has 1 rings (SSSR count). The lowest BCUT2D eigenvalue weighted by atomic mass is 9.93. The summed E-state index contributed by atoms with van der Waals surface area (Å²) in [4.78, 5) is 0. The molecule has 0 spiro atoms. The summed E-state index contributed by atoms with van der Waals surface area (Å²) < 4.78 is 13.3. The first-order valence-electron chi connectivity index (χ1n) is 4.11. The van der Waals surface area contributed by atoms with Crippen LogP contribution in [0.25, 0.3) is 0 Å². The molecule has 3 heteroatoms. The summed E-state index contributed by atoms with van der Waals surface area (Å²) in [5, 5.41) is 9.68. The molecular formula is C10H14FNO. The third kappa shape index (κ3) is 1.80. The Hall–Kier alpha value is -1.09. The normalized spacial score (nSPS) is 11.8. The molecule has 1 aromatic carbocycles. The average Bonchev–Trinajstić information content (AvgIpc) is 1.98. The van der Waals surface area contributed by atoms with E-state index in [9.17, 15) is 9.50 Å². The number of halogens is 1. The molecule has 0 saturated carbocycles. The van der Waals surface area contributed by atoms with Crippen molar-refractivity contribution in [1.29, 1.82) is 0 Å². The Morgan fingerprint density at radius 2 is 1.92 bits per heavy atom. The van der Waals surface area contributed by atoms with Crippen molar-refractivity contribution >= 4 is 5.69 Å². The van der Waals surface area contributed by atoms with E-state index < -0.39 is 11.4 Å². The number of hydrogen-bond donors (Lipinski definition) is 2. The summed E-state index contributed by atoms with van der Waals surface area (Å²) in [6.45, 7) is 4.84. The predicted octanol–water partition coefficient (Wildman–Crippen LogP) is 1.94. The van der Waals surface area contributed by atoms with Gasteiger partial charge in [-0.2, -0.15) is 0 Å². The Morgan fingerprint density at radius 1 is 1.38 bits per heavy atom. The van der Waals surface area contributed by atoms with Crippen molar-refractivity contribution in [2.45, 2.75) is 26.4 Å². The van der Waals surface area contributed by atoms with Crippen molar-refractivity contribution < 1.29 is 9.50 Å². The van der Waals surface area contributed by atoms with Crippen LogP contribution >= 0.6 is 0 Å². The lowest BCUT2D eigenvalue weighted by Crippen LogP contribution is -2.18. The molecule has 0 aliphatic carbocycles. The zero-order valence-electron chi connectivity index (χ0n) is 8.06. The Bertz CT molecular complexity index is 328. The minimum atomic E-state index is -1.03. The second kappa shape index (κ2) is 3.00. The smallest absolute Gasteiger partial charge is 0.149 e. The van der Waals surface area contributed by atoms with Crippen LogP contribution in [0.1, 0.15) is 25.0 Å². The molecular weight excluding hydrogens is 169 g/mol. The highest BCUT2D eigenvalue weighted by Gasteiger charge is 2.20. The van der Waals surface area contributed by atoms with E-state index in [2.05, 4.69) is 0 Å². The zero-order valence-corrected chi connectivity index (χ0v) is 8.06. The second-order valence-electron chi connectivity index (χ2n) is 3.70. The number of nitrogens with two attached hydrogens (primary N) is 1. The van der Waals surface area contributed by atoms with E-state index in [1.54, 1.807) is 26.8 Å². The number of nitrogen functional groups attached to an aromatic ring is 1. The Kier molecular flexibility index (Phi) is 2.30. The fraction of sp³-hybridized carbons (Fsp3) is 0.400. The van der Waals surface area contributed by atoms with E-state index in [-0.39, 0.29) is 5.69 Å². The molecule has 0 heterocycles. The lowest BCUT2D eigenvalue weighted by molar-refractivity contribution is 0.0775. The first kappa shape index (κ1) is 9.99. The van der Waals surface area contributed by atoms with Gasteiger partial charge < -0.3 is 10.8 Å². The van der Waals surface area contributed by atoms with Crippen LogP contribution in [0.15, 0.2) is 12.1 Å². The standard InChI is InChI=1S/C10H14FNO/c1-6-7(10(2,3)13)4-5-8(12)9(6)11/h4-5,13H,12H2,1-3H3. The SMILES string of the molecule is Cc1c(C(C)(C)O)ccc(N)c1F. The van der Waals surface area contributed by atoms with Crippen LogP contribution in [0, 0.1) is 12.7 Å². The van der Waals surface area contributed by atoms with Gasteiger partial charge in [-0.1, -0.05) is 6.07 Å². The molecule has 0 aromatic heterocycles. The van der Waals surface area contributed by atoms with Crippen LogP contribution in [-0.2, 0) is 5.60 Å². The minimum absolute atomic E-state index is 0.116. The number of benzene rings is 1. The summed E-state index contributed by atoms with van der Waals surface area (Å²) in [5.41, 5.74) is 5.44. The van der Waals surface area contributed by atoms with Gasteiger partial charge in [0.15, 0.2) is 0 Å². The summed E-state index contributed by atoms with van der Waals surface area (Å²) in [5.74, 6) is -0.445. The highest BCUT2D eigenvalue weighted by atomic mass is 19.1. The predicted molar refractivity (Wildman–Crippen MR) is 50.8 cm³/mol. The maximum absolute atomic E-state index is 13.3. The zero-order chi connectivity index (χ0) is 10.2. The van der Waals surface area contributed by atoms with Gasteiger partial charge >= 0.3 is 0 Å². The highest BCUT2D eigenvalue weighted by Crippen LogP contribution is 2.27. The van der Waals surface area contributed by atoms with E-state index in [1.807, 2.05) is 0 Å². The van der Waals surface area contributed by atoms with Gasteiger partial charge in [-0.3, -0.25) is 0 Å².